The summed E-state index contributed by atoms with van der Waals surface area (Å²) in [6.07, 6.45) is -3.73. The molecule has 2 aliphatic rings. The number of hydrogen-bond acceptors (Lipinski definition) is 9. The molecule has 74 heavy (non-hydrogen) atoms. The van der Waals surface area contributed by atoms with Gasteiger partial charge in [0.05, 0.1) is 40.2 Å². The van der Waals surface area contributed by atoms with Gasteiger partial charge in [0.25, 0.3) is 5.91 Å². The molecule has 0 bridgehead atoms. The Morgan fingerprint density at radius 1 is 0.865 bits per heavy atom. The summed E-state index contributed by atoms with van der Waals surface area (Å²) in [5.74, 6) is -0.805. The summed E-state index contributed by atoms with van der Waals surface area (Å²) in [6.45, 7) is 10.5. The van der Waals surface area contributed by atoms with Crippen molar-refractivity contribution in [2.45, 2.75) is 104 Å². The van der Waals surface area contributed by atoms with Gasteiger partial charge in [0, 0.05) is 50.0 Å². The molecule has 1 aromatic heterocycles. The Morgan fingerprint density at radius 2 is 1.57 bits per heavy atom. The van der Waals surface area contributed by atoms with Crippen molar-refractivity contribution in [2.75, 3.05) is 19.6 Å². The number of carbonyl (C=O) groups excluding carboxylic acids is 5. The van der Waals surface area contributed by atoms with Gasteiger partial charge in [0.2, 0.25) is 23.6 Å². The predicted molar refractivity (Wildman–Crippen MR) is 277 cm³/mol. The first kappa shape index (κ1) is 53.2. The van der Waals surface area contributed by atoms with Crippen LogP contribution in [0.25, 0.3) is 21.2 Å². The number of thiazole rings is 1. The molecule has 388 valence electrons. The van der Waals surface area contributed by atoms with Crippen LogP contribution in [0.1, 0.15) is 97.7 Å². The van der Waals surface area contributed by atoms with E-state index in [4.69, 9.17) is 4.74 Å². The van der Waals surface area contributed by atoms with Crippen molar-refractivity contribution in [1.29, 1.82) is 0 Å². The largest absolute Gasteiger partial charge is 0.457 e. The quantitative estimate of drug-likeness (QED) is 0.0788. The zero-order valence-corrected chi connectivity index (χ0v) is 42.8. The number of piperidine rings is 1. The third-order valence-corrected chi connectivity index (χ3v) is 14.8. The molecule has 8 rings (SSSR count). The number of alkyl halides is 3. The smallest absolute Gasteiger partial charge is 0.416 e. The van der Waals surface area contributed by atoms with Crippen LogP contribution in [0.3, 0.4) is 0 Å². The van der Waals surface area contributed by atoms with Crippen LogP contribution in [0.4, 0.5) is 13.2 Å². The molecular formula is C57H61F3N6O7S. The molecule has 5 aromatic carbocycles. The van der Waals surface area contributed by atoms with Gasteiger partial charge in [-0.3, -0.25) is 24.0 Å². The SMILES string of the molecule is Cc1ncsc1-c1ccc([C@H](C)NC(=O)[C@@H]2C[C@@H](O)CN2C(=O)[C@@H](NC(=O)CC2CCN(C(=O)Cc3cccc(CNC(=O)c4ccc5c(Oc6ccc(C(F)(F)F)cc6)cccc5c4)c3)CC2)C(C)(C)C)cc1. The first-order valence-electron chi connectivity index (χ1n) is 24.8. The molecule has 3 heterocycles. The number of β-amino-alcohol motifs (C(OH)–C–C–N with tert-alkyl or cyclic N) is 1. The number of nitrogens with one attached hydrogen (secondary N) is 3. The molecule has 0 saturated carbocycles. The highest BCUT2D eigenvalue weighted by Gasteiger charge is 2.45. The number of nitrogens with zero attached hydrogens (tertiary/aromatic N) is 3. The lowest BCUT2D eigenvalue weighted by Gasteiger charge is -2.36. The fourth-order valence-corrected chi connectivity index (χ4v) is 10.4. The van der Waals surface area contributed by atoms with Crippen LogP contribution in [0, 0.1) is 18.3 Å². The van der Waals surface area contributed by atoms with Crippen molar-refractivity contribution in [2.24, 2.45) is 11.3 Å². The fourth-order valence-electron chi connectivity index (χ4n) is 9.63. The summed E-state index contributed by atoms with van der Waals surface area (Å²) in [7, 11) is 0. The number of benzene rings is 5. The lowest BCUT2D eigenvalue weighted by molar-refractivity contribution is -0.144. The highest BCUT2D eigenvalue weighted by atomic mass is 32.1. The number of fused-ring (bicyclic) bond motifs is 1. The molecule has 17 heteroatoms. The minimum Gasteiger partial charge on any atom is -0.457 e. The number of hydrogen-bond donors (Lipinski definition) is 4. The van der Waals surface area contributed by atoms with Gasteiger partial charge in [-0.2, -0.15) is 13.2 Å². The first-order chi connectivity index (χ1) is 35.2. The molecule has 2 fully saturated rings. The van der Waals surface area contributed by atoms with Crippen molar-refractivity contribution < 1.29 is 47.0 Å². The number of aryl methyl sites for hydroxylation is 1. The van der Waals surface area contributed by atoms with E-state index in [0.717, 1.165) is 45.0 Å². The van der Waals surface area contributed by atoms with Gasteiger partial charge in [-0.1, -0.05) is 81.4 Å². The minimum absolute atomic E-state index is 0.0129. The van der Waals surface area contributed by atoms with Crippen LogP contribution >= 0.6 is 11.3 Å². The minimum atomic E-state index is -4.45. The maximum Gasteiger partial charge on any atom is 0.416 e. The van der Waals surface area contributed by atoms with E-state index in [2.05, 4.69) is 20.9 Å². The summed E-state index contributed by atoms with van der Waals surface area (Å²) in [5.41, 5.74) is 5.20. The van der Waals surface area contributed by atoms with E-state index in [0.29, 0.717) is 48.0 Å². The maximum atomic E-state index is 14.3. The second-order valence-corrected chi connectivity index (χ2v) is 21.3. The lowest BCUT2D eigenvalue weighted by Crippen LogP contribution is -2.58. The average molecular weight is 1030 g/mol. The number of aliphatic hydroxyl groups is 1. The standard InChI is InChI=1S/C57H61F3N6O7S/c1-34(39-12-14-40(15-13-39)51-35(2)62-33-74-51)63-54(71)47-30-44(67)32-66(47)55(72)52(56(3,4)5)64-49(68)27-36-22-24-65(25-23-36)50(69)28-37-8-6-9-38(26-37)31-61-53(70)42-16-21-46-41(29-42)10-7-11-48(46)73-45-19-17-43(18-20-45)57(58,59)60/h6-21,26,29,33-34,36,44,47,52,67H,22-25,27-28,30-32H2,1-5H3,(H,61,70)(H,63,71)(H,64,68)/t34-,44+,47-,52+/m0/s1. The van der Waals surface area contributed by atoms with Gasteiger partial charge in [-0.25, -0.2) is 4.98 Å². The van der Waals surface area contributed by atoms with E-state index < -0.39 is 41.2 Å². The number of aliphatic hydroxyl groups excluding tert-OH is 1. The van der Waals surface area contributed by atoms with Gasteiger partial charge < -0.3 is 35.6 Å². The Bertz CT molecular complexity index is 3000. The first-order valence-corrected chi connectivity index (χ1v) is 25.7. The Kier molecular flexibility index (Phi) is 16.2. The summed E-state index contributed by atoms with van der Waals surface area (Å²) in [6, 6.07) is 27.9. The molecular weight excluding hydrogens is 970 g/mol. The predicted octanol–water partition coefficient (Wildman–Crippen LogP) is 9.55. The van der Waals surface area contributed by atoms with E-state index in [-0.39, 0.29) is 73.7 Å². The Hall–Kier alpha value is -7.11. The molecule has 13 nitrogen and oxygen atoms in total. The Labute approximate surface area is 432 Å². The second kappa shape index (κ2) is 22.6. The van der Waals surface area contributed by atoms with Crippen molar-refractivity contribution in [3.8, 4) is 21.9 Å². The van der Waals surface area contributed by atoms with Crippen molar-refractivity contribution in [3.05, 3.63) is 148 Å². The summed E-state index contributed by atoms with van der Waals surface area (Å²) in [5, 5.41) is 21.1. The van der Waals surface area contributed by atoms with Crippen molar-refractivity contribution >= 4 is 51.6 Å². The number of amides is 5. The van der Waals surface area contributed by atoms with Gasteiger partial charge in [0.15, 0.2) is 0 Å². The monoisotopic (exact) mass is 1030 g/mol. The zero-order chi connectivity index (χ0) is 52.9. The van der Waals surface area contributed by atoms with E-state index >= 15 is 0 Å². The second-order valence-electron chi connectivity index (χ2n) is 20.4. The third kappa shape index (κ3) is 13.0. The van der Waals surface area contributed by atoms with Crippen molar-refractivity contribution in [3.63, 3.8) is 0 Å². The molecule has 2 aliphatic heterocycles. The average Bonchev–Trinajstić information content (AvgIpc) is 3.99. The van der Waals surface area contributed by atoms with Crippen LogP contribution in [-0.2, 0) is 38.3 Å². The molecule has 6 aromatic rings. The topological polar surface area (TPSA) is 170 Å². The highest BCUT2D eigenvalue weighted by Crippen LogP contribution is 2.35. The fraction of sp³-hybridized carbons (Fsp3) is 0.368. The van der Waals surface area contributed by atoms with Gasteiger partial charge in [0.1, 0.15) is 23.6 Å². The van der Waals surface area contributed by atoms with Gasteiger partial charge in [-0.05, 0) is 114 Å². The number of halogens is 3. The van der Waals surface area contributed by atoms with E-state index in [1.54, 1.807) is 46.6 Å². The van der Waals surface area contributed by atoms with Crippen LogP contribution in [0.5, 0.6) is 11.5 Å². The molecule has 0 spiro atoms. The van der Waals surface area contributed by atoms with Gasteiger partial charge in [-0.15, -0.1) is 11.3 Å². The van der Waals surface area contributed by atoms with Crippen molar-refractivity contribution in [1.82, 2.24) is 30.7 Å². The molecule has 5 amide bonds. The molecule has 0 unspecified atom stereocenters. The summed E-state index contributed by atoms with van der Waals surface area (Å²) < 4.78 is 45.0. The normalized spacial score (nSPS) is 17.1. The van der Waals surface area contributed by atoms with E-state index in [1.807, 2.05) is 94.7 Å². The highest BCUT2D eigenvalue weighted by molar-refractivity contribution is 7.13. The number of carbonyl (C=O) groups is 5. The molecule has 2 saturated heterocycles. The Balaban J connectivity index is 0.792. The zero-order valence-electron chi connectivity index (χ0n) is 42.0. The molecule has 0 radical (unpaired) electrons. The van der Waals surface area contributed by atoms with E-state index in [9.17, 15) is 42.3 Å². The number of ether oxygens (including phenoxy) is 1. The van der Waals surface area contributed by atoms with E-state index in [1.165, 1.54) is 17.0 Å². The summed E-state index contributed by atoms with van der Waals surface area (Å²) >= 11 is 1.56. The number of aromatic nitrogens is 1. The number of likely N-dealkylation sites (tertiary alicyclic amines) is 2. The van der Waals surface area contributed by atoms with Crippen LogP contribution in [0.2, 0.25) is 0 Å². The summed E-state index contributed by atoms with van der Waals surface area (Å²) in [4.78, 5) is 77.1. The Morgan fingerprint density at radius 3 is 2.24 bits per heavy atom. The van der Waals surface area contributed by atoms with Crippen LogP contribution in [0.15, 0.2) is 115 Å². The number of rotatable bonds is 15. The third-order valence-electron chi connectivity index (χ3n) is 13.8. The molecule has 0 aliphatic carbocycles. The van der Waals surface area contributed by atoms with Crippen LogP contribution < -0.4 is 20.7 Å². The van der Waals surface area contributed by atoms with Gasteiger partial charge >= 0.3 is 6.18 Å². The maximum absolute atomic E-state index is 14.3. The molecule has 4 atom stereocenters. The molecule has 4 N–H and O–H groups in total. The van der Waals surface area contributed by atoms with Crippen LogP contribution in [-0.4, -0.2) is 87.2 Å². The lowest BCUT2D eigenvalue weighted by atomic mass is 9.85.